The average molecular weight is 269 g/mol. The molecule has 0 aliphatic carbocycles. The van der Waals surface area contributed by atoms with Gasteiger partial charge < -0.3 is 14.7 Å². The van der Waals surface area contributed by atoms with Crippen molar-refractivity contribution in [3.8, 4) is 5.75 Å². The number of aromatic hydroxyl groups is 1. The minimum Gasteiger partial charge on any atom is -0.507 e. The number of hydrogen-bond donors (Lipinski definition) is 1. The fourth-order valence-corrected chi connectivity index (χ4v) is 1.58. The van der Waals surface area contributed by atoms with Gasteiger partial charge in [0.05, 0.1) is 19.1 Å². The van der Waals surface area contributed by atoms with Crippen LogP contribution in [-0.2, 0) is 9.53 Å². The molecular weight excluding hydrogens is 253 g/mol. The van der Waals surface area contributed by atoms with Gasteiger partial charge in [-0.1, -0.05) is 0 Å². The molecule has 1 amide bonds. The number of rotatable bonds is 5. The standard InChI is InChI=1S/C13H16FNO4/c1-3-15(7-6-12(17)19-2)13(18)10-8-9(14)4-5-11(10)16/h4-5,8,16H,3,6-7H2,1-2H3. The van der Waals surface area contributed by atoms with Gasteiger partial charge >= 0.3 is 5.97 Å². The Morgan fingerprint density at radius 3 is 2.68 bits per heavy atom. The van der Waals surface area contributed by atoms with Gasteiger partial charge in [-0.2, -0.15) is 0 Å². The smallest absolute Gasteiger partial charge is 0.307 e. The molecule has 0 spiro atoms. The molecule has 0 fully saturated rings. The predicted molar refractivity (Wildman–Crippen MR) is 66.3 cm³/mol. The molecule has 6 heteroatoms. The van der Waals surface area contributed by atoms with Crippen LogP contribution >= 0.6 is 0 Å². The lowest BCUT2D eigenvalue weighted by Gasteiger charge is -2.20. The van der Waals surface area contributed by atoms with E-state index in [9.17, 15) is 19.1 Å². The lowest BCUT2D eigenvalue weighted by Crippen LogP contribution is -2.33. The van der Waals surface area contributed by atoms with E-state index in [0.717, 1.165) is 18.2 Å². The summed E-state index contributed by atoms with van der Waals surface area (Å²) in [6.07, 6.45) is 0.0478. The van der Waals surface area contributed by atoms with E-state index in [1.807, 2.05) is 0 Å². The van der Waals surface area contributed by atoms with E-state index >= 15 is 0 Å². The molecule has 104 valence electrons. The van der Waals surface area contributed by atoms with Crippen LogP contribution in [0.4, 0.5) is 4.39 Å². The Hall–Kier alpha value is -2.11. The normalized spacial score (nSPS) is 10.1. The van der Waals surface area contributed by atoms with E-state index in [-0.39, 0.29) is 24.3 Å². The topological polar surface area (TPSA) is 66.8 Å². The largest absolute Gasteiger partial charge is 0.507 e. The molecule has 0 aromatic heterocycles. The Labute approximate surface area is 110 Å². The molecular formula is C13H16FNO4. The first kappa shape index (κ1) is 14.9. The second kappa shape index (κ2) is 6.72. The van der Waals surface area contributed by atoms with Gasteiger partial charge in [0, 0.05) is 13.1 Å². The van der Waals surface area contributed by atoms with Gasteiger partial charge in [0.25, 0.3) is 5.91 Å². The number of amides is 1. The zero-order chi connectivity index (χ0) is 14.4. The zero-order valence-electron chi connectivity index (χ0n) is 10.9. The van der Waals surface area contributed by atoms with Crippen LogP contribution in [0.3, 0.4) is 0 Å². The highest BCUT2D eigenvalue weighted by Crippen LogP contribution is 2.19. The Morgan fingerprint density at radius 1 is 1.42 bits per heavy atom. The van der Waals surface area contributed by atoms with Crippen molar-refractivity contribution < 1.29 is 23.8 Å². The minimum absolute atomic E-state index is 0.0478. The molecule has 0 bridgehead atoms. The zero-order valence-corrected chi connectivity index (χ0v) is 10.9. The molecule has 0 atom stereocenters. The number of carbonyl (C=O) groups excluding carboxylic acids is 2. The fraction of sp³-hybridized carbons (Fsp3) is 0.385. The van der Waals surface area contributed by atoms with Gasteiger partial charge in [0.15, 0.2) is 0 Å². The summed E-state index contributed by atoms with van der Waals surface area (Å²) in [5.41, 5.74) is -0.119. The van der Waals surface area contributed by atoms with Crippen molar-refractivity contribution in [1.29, 1.82) is 0 Å². The van der Waals surface area contributed by atoms with Crippen molar-refractivity contribution in [2.75, 3.05) is 20.2 Å². The van der Waals surface area contributed by atoms with Crippen LogP contribution in [-0.4, -0.2) is 42.1 Å². The summed E-state index contributed by atoms with van der Waals surface area (Å²) in [4.78, 5) is 24.5. The second-order valence-electron chi connectivity index (χ2n) is 3.87. The van der Waals surface area contributed by atoms with Crippen LogP contribution in [0.1, 0.15) is 23.7 Å². The van der Waals surface area contributed by atoms with Crippen LogP contribution < -0.4 is 0 Å². The number of phenols is 1. The summed E-state index contributed by atoms with van der Waals surface area (Å²) >= 11 is 0. The van der Waals surface area contributed by atoms with Crippen LogP contribution in [0.25, 0.3) is 0 Å². The molecule has 0 aliphatic rings. The highest BCUT2D eigenvalue weighted by Gasteiger charge is 2.19. The minimum atomic E-state index is -0.606. The first-order valence-electron chi connectivity index (χ1n) is 5.84. The highest BCUT2D eigenvalue weighted by molar-refractivity contribution is 5.97. The van der Waals surface area contributed by atoms with E-state index < -0.39 is 17.7 Å². The maximum Gasteiger partial charge on any atom is 0.307 e. The molecule has 0 saturated carbocycles. The summed E-state index contributed by atoms with van der Waals surface area (Å²) in [6.45, 7) is 2.22. The van der Waals surface area contributed by atoms with Gasteiger partial charge in [-0.3, -0.25) is 9.59 Å². The van der Waals surface area contributed by atoms with E-state index in [2.05, 4.69) is 4.74 Å². The second-order valence-corrected chi connectivity index (χ2v) is 3.87. The Balaban J connectivity index is 2.83. The molecule has 0 heterocycles. The molecule has 0 radical (unpaired) electrons. The van der Waals surface area contributed by atoms with Crippen molar-refractivity contribution in [1.82, 2.24) is 4.90 Å². The number of carbonyl (C=O) groups is 2. The molecule has 0 aliphatic heterocycles. The predicted octanol–water partition coefficient (Wildman–Crippen LogP) is 1.56. The van der Waals surface area contributed by atoms with E-state index in [1.165, 1.54) is 12.0 Å². The van der Waals surface area contributed by atoms with Crippen LogP contribution in [0.2, 0.25) is 0 Å². The van der Waals surface area contributed by atoms with Gasteiger partial charge in [0.2, 0.25) is 0 Å². The number of benzene rings is 1. The fourth-order valence-electron chi connectivity index (χ4n) is 1.58. The third-order valence-electron chi connectivity index (χ3n) is 2.67. The average Bonchev–Trinajstić information content (AvgIpc) is 2.41. The summed E-state index contributed by atoms with van der Waals surface area (Å²) in [5.74, 6) is -1.86. The number of esters is 1. The maximum atomic E-state index is 13.1. The SMILES string of the molecule is CCN(CCC(=O)OC)C(=O)c1cc(F)ccc1O. The van der Waals surface area contributed by atoms with Crippen LogP contribution in [0.15, 0.2) is 18.2 Å². The molecule has 1 aromatic carbocycles. The monoisotopic (exact) mass is 269 g/mol. The van der Waals surface area contributed by atoms with Crippen LogP contribution in [0, 0.1) is 5.82 Å². The van der Waals surface area contributed by atoms with Crippen LogP contribution in [0.5, 0.6) is 5.75 Å². The van der Waals surface area contributed by atoms with Crippen molar-refractivity contribution >= 4 is 11.9 Å². The third-order valence-corrected chi connectivity index (χ3v) is 2.67. The third kappa shape index (κ3) is 3.94. The summed E-state index contributed by atoms with van der Waals surface area (Å²) < 4.78 is 17.6. The van der Waals surface area contributed by atoms with Crippen molar-refractivity contribution in [2.24, 2.45) is 0 Å². The van der Waals surface area contributed by atoms with Gasteiger partial charge in [-0.05, 0) is 25.1 Å². The number of methoxy groups -OCH3 is 1. The Kier molecular flexibility index (Phi) is 5.29. The summed E-state index contributed by atoms with van der Waals surface area (Å²) in [7, 11) is 1.26. The lowest BCUT2D eigenvalue weighted by molar-refractivity contribution is -0.140. The van der Waals surface area contributed by atoms with Gasteiger partial charge in [-0.15, -0.1) is 0 Å². The Bertz CT molecular complexity index is 476. The number of halogens is 1. The van der Waals surface area contributed by atoms with E-state index in [1.54, 1.807) is 6.92 Å². The number of ether oxygens (including phenoxy) is 1. The first-order valence-corrected chi connectivity index (χ1v) is 5.84. The maximum absolute atomic E-state index is 13.1. The van der Waals surface area contributed by atoms with Crippen molar-refractivity contribution in [3.63, 3.8) is 0 Å². The molecule has 0 saturated heterocycles. The number of nitrogens with zero attached hydrogens (tertiary/aromatic N) is 1. The number of phenolic OH excluding ortho intramolecular Hbond substituents is 1. The molecule has 1 aromatic rings. The molecule has 5 nitrogen and oxygen atoms in total. The van der Waals surface area contributed by atoms with Crippen molar-refractivity contribution in [3.05, 3.63) is 29.6 Å². The lowest BCUT2D eigenvalue weighted by atomic mass is 10.1. The van der Waals surface area contributed by atoms with E-state index in [0.29, 0.717) is 6.54 Å². The highest BCUT2D eigenvalue weighted by atomic mass is 19.1. The summed E-state index contributed by atoms with van der Waals surface area (Å²) in [5, 5.41) is 9.57. The van der Waals surface area contributed by atoms with Gasteiger partial charge in [0.1, 0.15) is 11.6 Å². The van der Waals surface area contributed by atoms with Gasteiger partial charge in [-0.25, -0.2) is 4.39 Å². The Morgan fingerprint density at radius 2 is 2.11 bits per heavy atom. The van der Waals surface area contributed by atoms with E-state index in [4.69, 9.17) is 0 Å². The first-order chi connectivity index (χ1) is 8.99. The molecule has 1 rings (SSSR count). The molecule has 19 heavy (non-hydrogen) atoms. The quantitative estimate of drug-likeness (QED) is 0.824. The number of hydrogen-bond acceptors (Lipinski definition) is 4. The van der Waals surface area contributed by atoms with Crippen molar-refractivity contribution in [2.45, 2.75) is 13.3 Å². The molecule has 0 unspecified atom stereocenters. The molecule has 1 N–H and O–H groups in total. The summed E-state index contributed by atoms with van der Waals surface area (Å²) in [6, 6.07) is 3.16.